The molecule has 0 atom stereocenters. The highest BCUT2D eigenvalue weighted by molar-refractivity contribution is 6.24. The van der Waals surface area contributed by atoms with Gasteiger partial charge in [-0.1, -0.05) is 127 Å². The van der Waals surface area contributed by atoms with E-state index >= 15 is 0 Å². The van der Waals surface area contributed by atoms with Crippen molar-refractivity contribution in [1.29, 1.82) is 0 Å². The number of rotatable bonds is 3. The third-order valence-corrected chi connectivity index (χ3v) is 9.10. The summed E-state index contributed by atoms with van der Waals surface area (Å²) in [4.78, 5) is 15.6. The second kappa shape index (κ2) is 9.58. The Morgan fingerprint density at radius 3 is 1.80 bits per heavy atom. The van der Waals surface area contributed by atoms with Gasteiger partial charge in [-0.2, -0.15) is 0 Å². The lowest BCUT2D eigenvalue weighted by atomic mass is 10.0. The molecule has 5 heteroatoms. The molecule has 0 saturated heterocycles. The van der Waals surface area contributed by atoms with Gasteiger partial charge in [-0.15, -0.1) is 0 Å². The van der Waals surface area contributed by atoms with Gasteiger partial charge in [0.15, 0.2) is 5.82 Å². The predicted molar refractivity (Wildman–Crippen MR) is 189 cm³/mol. The molecule has 10 aromatic rings. The van der Waals surface area contributed by atoms with E-state index in [0.29, 0.717) is 5.82 Å². The molecule has 0 spiro atoms. The van der Waals surface area contributed by atoms with E-state index in [9.17, 15) is 0 Å². The van der Waals surface area contributed by atoms with Gasteiger partial charge >= 0.3 is 0 Å². The molecule has 0 aliphatic carbocycles. The summed E-state index contributed by atoms with van der Waals surface area (Å²) in [7, 11) is 0. The van der Waals surface area contributed by atoms with Gasteiger partial charge in [-0.3, -0.25) is 8.97 Å². The molecule has 0 saturated carbocycles. The molecule has 0 fully saturated rings. The quantitative estimate of drug-likeness (QED) is 0.193. The maximum absolute atomic E-state index is 5.30. The molecule has 0 unspecified atom stereocenters. The number of hydrogen-bond donors (Lipinski definition) is 0. The minimum Gasteiger partial charge on any atom is -0.291 e. The van der Waals surface area contributed by atoms with Crippen LogP contribution in [0.25, 0.3) is 88.6 Å². The van der Waals surface area contributed by atoms with E-state index in [1.165, 1.54) is 21.5 Å². The zero-order valence-electron chi connectivity index (χ0n) is 24.7. The van der Waals surface area contributed by atoms with Crippen molar-refractivity contribution in [2.24, 2.45) is 0 Å². The van der Waals surface area contributed by atoms with E-state index in [-0.39, 0.29) is 0 Å². The fourth-order valence-corrected chi connectivity index (χ4v) is 7.09. The van der Waals surface area contributed by atoms with Crippen LogP contribution >= 0.6 is 0 Å². The second-order valence-corrected chi connectivity index (χ2v) is 11.7. The van der Waals surface area contributed by atoms with Gasteiger partial charge in [-0.05, 0) is 23.6 Å². The van der Waals surface area contributed by atoms with E-state index < -0.39 is 0 Å². The van der Waals surface area contributed by atoms with Gasteiger partial charge in [0.2, 0.25) is 0 Å². The molecule has 0 aliphatic heterocycles. The molecule has 4 heterocycles. The summed E-state index contributed by atoms with van der Waals surface area (Å²) in [5, 5.41) is 5.82. The third kappa shape index (κ3) is 3.54. The van der Waals surface area contributed by atoms with Gasteiger partial charge in [0.05, 0.1) is 33.3 Å². The molecule has 4 aromatic heterocycles. The van der Waals surface area contributed by atoms with Crippen LogP contribution in [0.2, 0.25) is 0 Å². The number of pyridine rings is 1. The minimum absolute atomic E-state index is 0.687. The van der Waals surface area contributed by atoms with Crippen molar-refractivity contribution in [2.45, 2.75) is 0 Å². The number of benzene rings is 6. The number of imidazole rings is 1. The van der Waals surface area contributed by atoms with Crippen LogP contribution in [0.1, 0.15) is 0 Å². The summed E-state index contributed by atoms with van der Waals surface area (Å²) >= 11 is 0. The predicted octanol–water partition coefficient (Wildman–Crippen LogP) is 10.0. The normalized spacial score (nSPS) is 11.9. The monoisotopic (exact) mass is 587 g/mol. The number of para-hydroxylation sites is 3. The molecular weight excluding hydrogens is 562 g/mol. The maximum atomic E-state index is 5.30. The standard InChI is InChI=1S/C41H25N5/c1-3-13-26(14-4-1)34-25-37(44-40(42-34)27-15-5-2-6-16-27)45-35-21-11-9-18-29(35)31-24-23-30-28-17-7-8-19-32(28)41-43-33-20-10-12-22-36(33)46(41)39(30)38(31)45/h1-25H. The van der Waals surface area contributed by atoms with Crippen LogP contribution in [0.4, 0.5) is 0 Å². The zero-order valence-corrected chi connectivity index (χ0v) is 24.7. The van der Waals surface area contributed by atoms with Crippen molar-refractivity contribution in [2.75, 3.05) is 0 Å². The first-order valence-electron chi connectivity index (χ1n) is 15.5. The van der Waals surface area contributed by atoms with Crippen LogP contribution in [0.15, 0.2) is 152 Å². The van der Waals surface area contributed by atoms with E-state index in [0.717, 1.165) is 61.3 Å². The lowest BCUT2D eigenvalue weighted by Gasteiger charge is -2.15. The van der Waals surface area contributed by atoms with Crippen molar-refractivity contribution in [3.8, 4) is 28.5 Å². The zero-order chi connectivity index (χ0) is 30.2. The van der Waals surface area contributed by atoms with Crippen molar-refractivity contribution < 1.29 is 0 Å². The van der Waals surface area contributed by atoms with E-state index in [2.05, 4.69) is 136 Å². The Hall–Kier alpha value is -6.33. The summed E-state index contributed by atoms with van der Waals surface area (Å²) in [5.41, 5.74) is 9.18. The molecule has 0 amide bonds. The molecular formula is C41H25N5. The summed E-state index contributed by atoms with van der Waals surface area (Å²) in [5.74, 6) is 1.50. The molecule has 0 aliphatic rings. The van der Waals surface area contributed by atoms with Gasteiger partial charge in [-0.25, -0.2) is 15.0 Å². The maximum Gasteiger partial charge on any atom is 0.162 e. The lowest BCUT2D eigenvalue weighted by molar-refractivity contribution is 1.05. The number of aromatic nitrogens is 5. The highest BCUT2D eigenvalue weighted by Gasteiger charge is 2.22. The Labute approximate surface area is 263 Å². The number of hydrogen-bond acceptors (Lipinski definition) is 3. The van der Waals surface area contributed by atoms with Crippen molar-refractivity contribution >= 4 is 60.2 Å². The largest absolute Gasteiger partial charge is 0.291 e. The summed E-state index contributed by atoms with van der Waals surface area (Å²) in [6, 6.07) is 52.9. The van der Waals surface area contributed by atoms with Gasteiger partial charge in [0, 0.05) is 38.7 Å². The van der Waals surface area contributed by atoms with Gasteiger partial charge in [0.25, 0.3) is 0 Å². The molecule has 0 N–H and O–H groups in total. The first-order chi connectivity index (χ1) is 22.8. The molecule has 46 heavy (non-hydrogen) atoms. The summed E-state index contributed by atoms with van der Waals surface area (Å²) in [6.45, 7) is 0. The third-order valence-electron chi connectivity index (χ3n) is 9.10. The lowest BCUT2D eigenvalue weighted by Crippen LogP contribution is -2.04. The summed E-state index contributed by atoms with van der Waals surface area (Å²) < 4.78 is 4.68. The van der Waals surface area contributed by atoms with Crippen LogP contribution in [-0.4, -0.2) is 23.9 Å². The average molecular weight is 588 g/mol. The Balaban J connectivity index is 1.44. The van der Waals surface area contributed by atoms with Crippen molar-refractivity contribution in [1.82, 2.24) is 23.9 Å². The molecule has 0 radical (unpaired) electrons. The van der Waals surface area contributed by atoms with Crippen LogP contribution in [0.5, 0.6) is 0 Å². The molecule has 6 aromatic carbocycles. The SMILES string of the molecule is c1ccc(-c2cc(-n3c4ccccc4c4ccc5c6ccccc6c6nc7ccccc7n6c5c43)nc(-c3ccccc3)n2)cc1. The van der Waals surface area contributed by atoms with E-state index in [1.54, 1.807) is 0 Å². The Morgan fingerprint density at radius 2 is 1.02 bits per heavy atom. The number of fused-ring (bicyclic) bond motifs is 12. The average Bonchev–Trinajstić information content (AvgIpc) is 3.69. The van der Waals surface area contributed by atoms with Crippen LogP contribution in [0, 0.1) is 0 Å². The Kier molecular flexibility index (Phi) is 5.22. The topological polar surface area (TPSA) is 48.0 Å². The van der Waals surface area contributed by atoms with Gasteiger partial charge in [0.1, 0.15) is 11.5 Å². The van der Waals surface area contributed by atoms with Crippen molar-refractivity contribution in [3.05, 3.63) is 152 Å². The fourth-order valence-electron chi connectivity index (χ4n) is 7.09. The molecule has 5 nitrogen and oxygen atoms in total. The van der Waals surface area contributed by atoms with Gasteiger partial charge < -0.3 is 0 Å². The minimum atomic E-state index is 0.687. The first-order valence-corrected chi connectivity index (χ1v) is 15.5. The van der Waals surface area contributed by atoms with Crippen molar-refractivity contribution in [3.63, 3.8) is 0 Å². The van der Waals surface area contributed by atoms with Crippen LogP contribution in [0.3, 0.4) is 0 Å². The molecule has 10 rings (SSSR count). The molecule has 214 valence electrons. The smallest absolute Gasteiger partial charge is 0.162 e. The Bertz CT molecular complexity index is 2740. The highest BCUT2D eigenvalue weighted by Crippen LogP contribution is 2.41. The molecule has 0 bridgehead atoms. The van der Waals surface area contributed by atoms with Crippen LogP contribution in [-0.2, 0) is 0 Å². The summed E-state index contributed by atoms with van der Waals surface area (Å²) in [6.07, 6.45) is 0. The van der Waals surface area contributed by atoms with E-state index in [1.807, 2.05) is 24.3 Å². The highest BCUT2D eigenvalue weighted by atomic mass is 15.1. The second-order valence-electron chi connectivity index (χ2n) is 11.7. The van der Waals surface area contributed by atoms with Crippen LogP contribution < -0.4 is 0 Å². The fraction of sp³-hybridized carbons (Fsp3) is 0. The Morgan fingerprint density at radius 1 is 0.413 bits per heavy atom. The number of nitrogens with zero attached hydrogens (tertiary/aromatic N) is 5. The first kappa shape index (κ1) is 25.0. The van der Waals surface area contributed by atoms with E-state index in [4.69, 9.17) is 15.0 Å².